The molecule has 2 fully saturated rings. The van der Waals surface area contributed by atoms with Crippen LogP contribution in [0, 0.1) is 11.7 Å². The van der Waals surface area contributed by atoms with E-state index in [0.29, 0.717) is 41.6 Å². The average Bonchev–Trinajstić information content (AvgIpc) is 3.78. The van der Waals surface area contributed by atoms with Crippen molar-refractivity contribution < 1.29 is 18.7 Å². The summed E-state index contributed by atoms with van der Waals surface area (Å²) in [5.41, 5.74) is 5.94. The van der Waals surface area contributed by atoms with E-state index >= 15 is 4.39 Å². The molecule has 2 aromatic heterocycles. The number of anilines is 1. The number of hydrogen-bond acceptors (Lipinski definition) is 6. The molecule has 0 radical (unpaired) electrons. The maximum absolute atomic E-state index is 15.6. The molecule has 0 N–H and O–H groups in total. The number of piperidine rings is 1. The molecule has 2 aromatic carbocycles. The van der Waals surface area contributed by atoms with Gasteiger partial charge in [0.1, 0.15) is 11.5 Å². The van der Waals surface area contributed by atoms with E-state index in [1.165, 1.54) is 24.3 Å². The summed E-state index contributed by atoms with van der Waals surface area (Å²) in [5.74, 6) is -0.606. The lowest BCUT2D eigenvalue weighted by Crippen LogP contribution is -2.39. The molecule has 1 saturated heterocycles. The first-order chi connectivity index (χ1) is 20.4. The Morgan fingerprint density at radius 3 is 2.64 bits per heavy atom. The number of benzene rings is 2. The number of amides is 1. The van der Waals surface area contributed by atoms with Gasteiger partial charge in [-0.05, 0) is 74.4 Å². The monoisotopic (exact) mass is 567 g/mol. The molecule has 3 aliphatic rings. The fraction of sp³-hybridized carbons (Fsp3) is 0.394. The van der Waals surface area contributed by atoms with E-state index in [1.807, 2.05) is 34.1 Å². The van der Waals surface area contributed by atoms with Crippen molar-refractivity contribution in [3.63, 3.8) is 0 Å². The number of methoxy groups -OCH3 is 1. The van der Waals surface area contributed by atoms with Gasteiger partial charge >= 0.3 is 5.97 Å². The van der Waals surface area contributed by atoms with E-state index in [-0.39, 0.29) is 29.7 Å². The minimum absolute atomic E-state index is 0.0410. The molecule has 1 amide bonds. The molecule has 7 rings (SSSR count). The smallest absolute Gasteiger partial charge is 0.310 e. The predicted octanol–water partition coefficient (Wildman–Crippen LogP) is 5.56. The van der Waals surface area contributed by atoms with Crippen LogP contribution in [-0.2, 0) is 16.0 Å². The zero-order valence-electron chi connectivity index (χ0n) is 23.9. The van der Waals surface area contributed by atoms with Gasteiger partial charge in [-0.15, -0.1) is 0 Å². The van der Waals surface area contributed by atoms with E-state index < -0.39 is 0 Å². The second-order valence-corrected chi connectivity index (χ2v) is 11.7. The van der Waals surface area contributed by atoms with Crippen LogP contribution in [0.3, 0.4) is 0 Å². The molecule has 216 valence electrons. The number of carbonyl (C=O) groups is 2. The van der Waals surface area contributed by atoms with Gasteiger partial charge in [0.05, 0.1) is 24.8 Å². The molecule has 4 heterocycles. The van der Waals surface area contributed by atoms with Crippen LogP contribution in [0.15, 0.2) is 54.6 Å². The highest BCUT2D eigenvalue weighted by Gasteiger charge is 2.33. The van der Waals surface area contributed by atoms with Crippen molar-refractivity contribution in [1.82, 2.24) is 19.5 Å². The number of fused-ring (bicyclic) bond motifs is 2. The predicted molar refractivity (Wildman–Crippen MR) is 157 cm³/mol. The minimum atomic E-state index is -0.388. The van der Waals surface area contributed by atoms with Crippen LogP contribution in [0.1, 0.15) is 71.9 Å². The molecule has 4 aromatic rings. The number of aromatic nitrogens is 3. The number of halogens is 1. The third-order valence-electron chi connectivity index (χ3n) is 9.07. The van der Waals surface area contributed by atoms with Crippen LogP contribution in [0.25, 0.3) is 16.9 Å². The number of nitrogens with zero attached hydrogens (tertiary/aromatic N) is 5. The zero-order chi connectivity index (χ0) is 29.0. The molecular weight excluding hydrogens is 533 g/mol. The maximum Gasteiger partial charge on any atom is 0.310 e. The molecule has 1 saturated carbocycles. The number of hydrogen-bond donors (Lipinski definition) is 0. The zero-order valence-corrected chi connectivity index (χ0v) is 23.9. The van der Waals surface area contributed by atoms with Crippen molar-refractivity contribution in [3.8, 4) is 11.3 Å². The van der Waals surface area contributed by atoms with Crippen molar-refractivity contribution >= 4 is 23.2 Å². The summed E-state index contributed by atoms with van der Waals surface area (Å²) in [6, 6.07) is 17.0. The number of ether oxygens (including phenoxy) is 1. The minimum Gasteiger partial charge on any atom is -0.469 e. The van der Waals surface area contributed by atoms with Gasteiger partial charge in [-0.2, -0.15) is 5.10 Å². The molecule has 2 atom stereocenters. The van der Waals surface area contributed by atoms with E-state index in [1.54, 1.807) is 16.6 Å². The van der Waals surface area contributed by atoms with Gasteiger partial charge in [-0.3, -0.25) is 9.59 Å². The van der Waals surface area contributed by atoms with Crippen LogP contribution >= 0.6 is 0 Å². The van der Waals surface area contributed by atoms with Crippen LogP contribution in [-0.4, -0.2) is 58.1 Å². The van der Waals surface area contributed by atoms with Crippen LogP contribution < -0.4 is 4.90 Å². The fourth-order valence-corrected chi connectivity index (χ4v) is 6.58. The van der Waals surface area contributed by atoms with Crippen molar-refractivity contribution in [2.45, 2.75) is 51.0 Å². The molecule has 42 heavy (non-hydrogen) atoms. The Hall–Kier alpha value is -4.27. The van der Waals surface area contributed by atoms with Gasteiger partial charge in [0, 0.05) is 48.6 Å². The van der Waals surface area contributed by atoms with Gasteiger partial charge in [0.2, 0.25) is 0 Å². The maximum atomic E-state index is 15.6. The number of rotatable bonds is 5. The quantitative estimate of drug-likeness (QED) is 0.294. The number of carbonyl (C=O) groups excluding carboxylic acids is 2. The Kier molecular flexibility index (Phi) is 6.67. The van der Waals surface area contributed by atoms with E-state index in [9.17, 15) is 9.59 Å². The summed E-state index contributed by atoms with van der Waals surface area (Å²) >= 11 is 0. The Morgan fingerprint density at radius 2 is 1.86 bits per heavy atom. The SMILES string of the molecule is COC(=O)C1CCCN(c2ccc(-c3cc4nc(C(=O)N5CCc6ccccc6[C@H]5C)cc(C5CC5)n4n3)c(F)c2)C1. The highest BCUT2D eigenvalue weighted by Crippen LogP contribution is 2.41. The summed E-state index contributed by atoms with van der Waals surface area (Å²) in [6.07, 6.45) is 4.49. The topological polar surface area (TPSA) is 80.0 Å². The third kappa shape index (κ3) is 4.70. The highest BCUT2D eigenvalue weighted by molar-refractivity contribution is 5.93. The number of esters is 1. The van der Waals surface area contributed by atoms with Crippen molar-refractivity contribution in [3.05, 3.63) is 82.9 Å². The fourth-order valence-electron chi connectivity index (χ4n) is 6.58. The second kappa shape index (κ2) is 10.5. The van der Waals surface area contributed by atoms with Gasteiger partial charge in [-0.1, -0.05) is 24.3 Å². The lowest BCUT2D eigenvalue weighted by atomic mass is 9.93. The Balaban J connectivity index is 1.19. The lowest BCUT2D eigenvalue weighted by molar-refractivity contribution is -0.145. The Bertz CT molecular complexity index is 1700. The summed E-state index contributed by atoms with van der Waals surface area (Å²) < 4.78 is 22.3. The molecule has 1 unspecified atom stereocenters. The molecule has 0 spiro atoms. The van der Waals surface area contributed by atoms with Crippen LogP contribution in [0.5, 0.6) is 0 Å². The van der Waals surface area contributed by atoms with Crippen molar-refractivity contribution in [2.24, 2.45) is 5.92 Å². The van der Waals surface area contributed by atoms with Crippen molar-refractivity contribution in [2.75, 3.05) is 31.6 Å². The Morgan fingerprint density at radius 1 is 1.02 bits per heavy atom. The van der Waals surface area contributed by atoms with Gasteiger partial charge in [0.15, 0.2) is 5.65 Å². The first kappa shape index (κ1) is 26.6. The van der Waals surface area contributed by atoms with E-state index in [4.69, 9.17) is 14.8 Å². The Labute approximate surface area is 244 Å². The third-order valence-corrected chi connectivity index (χ3v) is 9.07. The summed E-state index contributed by atoms with van der Waals surface area (Å²) in [7, 11) is 1.40. The van der Waals surface area contributed by atoms with Gasteiger partial charge < -0.3 is 14.5 Å². The first-order valence-corrected chi connectivity index (χ1v) is 14.8. The average molecular weight is 568 g/mol. The molecule has 0 bridgehead atoms. The van der Waals surface area contributed by atoms with Gasteiger partial charge in [-0.25, -0.2) is 13.9 Å². The first-order valence-electron chi connectivity index (χ1n) is 14.8. The lowest BCUT2D eigenvalue weighted by Gasteiger charge is -2.35. The van der Waals surface area contributed by atoms with E-state index in [0.717, 1.165) is 50.0 Å². The summed E-state index contributed by atoms with van der Waals surface area (Å²) in [6.45, 7) is 3.97. The van der Waals surface area contributed by atoms with Crippen LogP contribution in [0.2, 0.25) is 0 Å². The van der Waals surface area contributed by atoms with E-state index in [2.05, 4.69) is 19.1 Å². The summed E-state index contributed by atoms with van der Waals surface area (Å²) in [4.78, 5) is 34.6. The molecule has 8 nitrogen and oxygen atoms in total. The molecule has 2 aliphatic heterocycles. The summed E-state index contributed by atoms with van der Waals surface area (Å²) in [5, 5.41) is 4.77. The second-order valence-electron chi connectivity index (χ2n) is 11.7. The van der Waals surface area contributed by atoms with Crippen molar-refractivity contribution in [1.29, 1.82) is 0 Å². The normalized spacial score (nSPS) is 20.5. The highest BCUT2D eigenvalue weighted by atomic mass is 19.1. The molecular formula is C33H34FN5O3. The molecule has 9 heteroatoms. The largest absolute Gasteiger partial charge is 0.469 e. The molecule has 1 aliphatic carbocycles. The standard InChI is InChI=1S/C33H34FN5O3/c1-20-25-8-4-3-6-21(25)13-15-38(20)32(40)29-17-30(22-9-10-22)39-31(35-29)18-28(36-39)26-12-11-24(16-27(26)34)37-14-5-7-23(19-37)33(41)42-2/h3-4,6,8,11-12,16-18,20,22-23H,5,7,9-10,13-15,19H2,1-2H3/t20-,23?/m1/s1. The van der Waals surface area contributed by atoms with Crippen LogP contribution in [0.4, 0.5) is 10.1 Å². The van der Waals surface area contributed by atoms with Gasteiger partial charge in [0.25, 0.3) is 5.91 Å².